The van der Waals surface area contributed by atoms with Crippen LogP contribution in [0, 0.1) is 0 Å². The van der Waals surface area contributed by atoms with Crippen LogP contribution in [-0.2, 0) is 28.8 Å². The van der Waals surface area contributed by atoms with Crippen molar-refractivity contribution in [2.75, 3.05) is 13.2 Å². The highest BCUT2D eigenvalue weighted by molar-refractivity contribution is 5.94. The van der Waals surface area contributed by atoms with E-state index in [9.17, 15) is 33.9 Å². The minimum absolute atomic E-state index is 0.0812. The number of amides is 5. The van der Waals surface area contributed by atoms with Crippen molar-refractivity contribution in [1.82, 2.24) is 16.0 Å². The molecule has 29 heavy (non-hydrogen) atoms. The number of carbonyl (C=O) groups is 6. The molecule has 0 spiro atoms. The molecule has 0 saturated carbocycles. The second-order valence-corrected chi connectivity index (χ2v) is 6.03. The maximum atomic E-state index is 12.4. The minimum Gasteiger partial charge on any atom is -0.480 e. The Morgan fingerprint density at radius 1 is 0.793 bits per heavy atom. The minimum atomic E-state index is -1.50. The highest BCUT2D eigenvalue weighted by Crippen LogP contribution is 2.02. The van der Waals surface area contributed by atoms with Gasteiger partial charge in [-0.25, -0.2) is 0 Å². The first-order chi connectivity index (χ1) is 13.5. The number of aliphatic carboxylic acids is 1. The molecule has 0 aliphatic rings. The molecule has 0 aliphatic heterocycles. The van der Waals surface area contributed by atoms with Crippen LogP contribution in [0.4, 0.5) is 0 Å². The third kappa shape index (κ3) is 11.2. The van der Waals surface area contributed by atoms with Gasteiger partial charge in [-0.2, -0.15) is 0 Å². The summed E-state index contributed by atoms with van der Waals surface area (Å²) in [5, 5.41) is 24.2. The Labute approximate surface area is 165 Å². The van der Waals surface area contributed by atoms with Crippen molar-refractivity contribution in [3.8, 4) is 0 Å². The molecule has 0 aromatic carbocycles. The third-order valence-corrected chi connectivity index (χ3v) is 3.58. The van der Waals surface area contributed by atoms with E-state index in [0.29, 0.717) is 0 Å². The molecule has 164 valence electrons. The van der Waals surface area contributed by atoms with Gasteiger partial charge in [0.25, 0.3) is 0 Å². The van der Waals surface area contributed by atoms with E-state index in [-0.39, 0.29) is 25.7 Å². The first kappa shape index (κ1) is 25.7. The summed E-state index contributed by atoms with van der Waals surface area (Å²) in [5.41, 5.74) is 15.6. The summed E-state index contributed by atoms with van der Waals surface area (Å²) in [5.74, 6) is -5.49. The van der Waals surface area contributed by atoms with Gasteiger partial charge in [0.15, 0.2) is 0 Å². The number of carboxylic acids is 1. The van der Waals surface area contributed by atoms with Gasteiger partial charge >= 0.3 is 5.97 Å². The zero-order valence-electron chi connectivity index (χ0n) is 15.6. The summed E-state index contributed by atoms with van der Waals surface area (Å²) in [6.07, 6.45) is -0.764. The largest absolute Gasteiger partial charge is 0.480 e. The number of carbonyl (C=O) groups excluding carboxylic acids is 5. The van der Waals surface area contributed by atoms with Crippen molar-refractivity contribution in [2.45, 2.75) is 43.8 Å². The molecule has 0 aromatic rings. The lowest BCUT2D eigenvalue weighted by Crippen LogP contribution is -2.57. The number of carboxylic acid groups (broad SMARTS) is 1. The van der Waals surface area contributed by atoms with Gasteiger partial charge in [0.05, 0.1) is 12.6 Å². The maximum absolute atomic E-state index is 12.4. The highest BCUT2D eigenvalue weighted by Gasteiger charge is 2.28. The smallest absolute Gasteiger partial charge is 0.322 e. The fraction of sp³-hybridized carbons (Fsp3) is 0.600. The second-order valence-electron chi connectivity index (χ2n) is 6.03. The Bertz CT molecular complexity index is 640. The van der Waals surface area contributed by atoms with E-state index >= 15 is 0 Å². The summed E-state index contributed by atoms with van der Waals surface area (Å²) in [6, 6.07) is -4.01. The van der Waals surface area contributed by atoms with Crippen molar-refractivity contribution in [2.24, 2.45) is 17.2 Å². The first-order valence-electron chi connectivity index (χ1n) is 8.51. The monoisotopic (exact) mass is 418 g/mol. The number of hydrogen-bond acceptors (Lipinski definition) is 8. The summed E-state index contributed by atoms with van der Waals surface area (Å²) in [4.78, 5) is 68.6. The van der Waals surface area contributed by atoms with Gasteiger partial charge in [0, 0.05) is 12.8 Å². The summed E-state index contributed by atoms with van der Waals surface area (Å²) in [7, 11) is 0. The van der Waals surface area contributed by atoms with Crippen molar-refractivity contribution < 1.29 is 39.0 Å². The summed E-state index contributed by atoms with van der Waals surface area (Å²) in [6.45, 7) is -1.59. The summed E-state index contributed by atoms with van der Waals surface area (Å²) < 4.78 is 0. The zero-order chi connectivity index (χ0) is 22.6. The molecule has 0 radical (unpaired) electrons. The molecule has 0 bridgehead atoms. The number of aliphatic hydroxyl groups excluding tert-OH is 1. The van der Waals surface area contributed by atoms with Crippen LogP contribution in [0.15, 0.2) is 0 Å². The van der Waals surface area contributed by atoms with Crippen molar-refractivity contribution in [1.29, 1.82) is 0 Å². The van der Waals surface area contributed by atoms with Crippen LogP contribution >= 0.6 is 0 Å². The molecule has 0 saturated heterocycles. The van der Waals surface area contributed by atoms with Crippen LogP contribution in [0.3, 0.4) is 0 Å². The van der Waals surface area contributed by atoms with E-state index in [0.717, 1.165) is 0 Å². The Hall–Kier alpha value is -3.26. The molecule has 0 heterocycles. The predicted molar refractivity (Wildman–Crippen MR) is 96.4 cm³/mol. The molecule has 14 heteroatoms. The van der Waals surface area contributed by atoms with Gasteiger partial charge in [0.2, 0.25) is 29.5 Å². The van der Waals surface area contributed by atoms with Crippen LogP contribution in [0.2, 0.25) is 0 Å². The second kappa shape index (κ2) is 13.0. The molecule has 3 unspecified atom stereocenters. The molecule has 5 amide bonds. The summed E-state index contributed by atoms with van der Waals surface area (Å²) >= 11 is 0. The van der Waals surface area contributed by atoms with Crippen molar-refractivity contribution >= 4 is 35.5 Å². The van der Waals surface area contributed by atoms with E-state index in [1.165, 1.54) is 0 Å². The lowest BCUT2D eigenvalue weighted by Gasteiger charge is -2.23. The van der Waals surface area contributed by atoms with Gasteiger partial charge in [-0.05, 0) is 12.8 Å². The average Bonchev–Trinajstić information content (AvgIpc) is 2.64. The van der Waals surface area contributed by atoms with E-state index in [4.69, 9.17) is 22.3 Å². The van der Waals surface area contributed by atoms with Crippen molar-refractivity contribution in [3.05, 3.63) is 0 Å². The van der Waals surface area contributed by atoms with Gasteiger partial charge < -0.3 is 43.4 Å². The number of aliphatic hydroxyl groups is 1. The fourth-order valence-electron chi connectivity index (χ4n) is 2.02. The quantitative estimate of drug-likeness (QED) is 0.134. The predicted octanol–water partition coefficient (Wildman–Crippen LogP) is -4.99. The Morgan fingerprint density at radius 3 is 1.79 bits per heavy atom. The topological polar surface area (TPSA) is 257 Å². The van der Waals surface area contributed by atoms with Gasteiger partial charge in [0.1, 0.15) is 18.6 Å². The highest BCUT2D eigenvalue weighted by atomic mass is 16.4. The molecule has 0 fully saturated rings. The van der Waals surface area contributed by atoms with E-state index in [1.54, 1.807) is 0 Å². The SMILES string of the molecule is NC(=O)CCC(N)C(=O)NC(CCC(N)=O)C(=O)NC(CO)C(=O)NCC(=O)O. The average molecular weight is 418 g/mol. The maximum Gasteiger partial charge on any atom is 0.322 e. The molecule has 0 aliphatic carbocycles. The van der Waals surface area contributed by atoms with Crippen molar-refractivity contribution in [3.63, 3.8) is 0 Å². The lowest BCUT2D eigenvalue weighted by atomic mass is 10.1. The molecule has 11 N–H and O–H groups in total. The van der Waals surface area contributed by atoms with E-state index in [2.05, 4.69) is 10.6 Å². The molecular weight excluding hydrogens is 392 g/mol. The first-order valence-corrected chi connectivity index (χ1v) is 8.51. The molecule has 3 atom stereocenters. The normalized spacial score (nSPS) is 13.4. The number of rotatable bonds is 14. The van der Waals surface area contributed by atoms with Gasteiger partial charge in [-0.15, -0.1) is 0 Å². The third-order valence-electron chi connectivity index (χ3n) is 3.58. The van der Waals surface area contributed by atoms with Crippen LogP contribution in [-0.4, -0.2) is 77.0 Å². The number of hydrogen-bond donors (Lipinski definition) is 8. The molecule has 0 rings (SSSR count). The Morgan fingerprint density at radius 2 is 1.31 bits per heavy atom. The molecule has 14 nitrogen and oxygen atoms in total. The number of primary amides is 2. The Kier molecular flexibility index (Phi) is 11.5. The van der Waals surface area contributed by atoms with Gasteiger partial charge in [-0.1, -0.05) is 0 Å². The van der Waals surface area contributed by atoms with Crippen LogP contribution in [0.25, 0.3) is 0 Å². The van der Waals surface area contributed by atoms with Crippen LogP contribution < -0.4 is 33.2 Å². The Balaban J connectivity index is 5.07. The standard InChI is InChI=1S/C15H26N6O8/c16-7(1-3-10(17)23)13(27)20-8(2-4-11(18)24)15(29)21-9(6-22)14(28)19-5-12(25)26/h7-9,22H,1-6,16H2,(H2,17,23)(H2,18,24)(H,19,28)(H,20,27)(H,21,29)(H,25,26). The fourth-order valence-corrected chi connectivity index (χ4v) is 2.02. The molecular formula is C15H26N6O8. The van der Waals surface area contributed by atoms with Crippen LogP contribution in [0.1, 0.15) is 25.7 Å². The molecule has 0 aromatic heterocycles. The number of nitrogens with two attached hydrogens (primary N) is 3. The van der Waals surface area contributed by atoms with E-state index in [1.807, 2.05) is 5.32 Å². The lowest BCUT2D eigenvalue weighted by molar-refractivity contribution is -0.139. The zero-order valence-corrected chi connectivity index (χ0v) is 15.6. The van der Waals surface area contributed by atoms with E-state index < -0.39 is 66.8 Å². The van der Waals surface area contributed by atoms with Crippen LogP contribution in [0.5, 0.6) is 0 Å². The van der Waals surface area contributed by atoms with Gasteiger partial charge in [-0.3, -0.25) is 28.8 Å². The number of nitrogens with one attached hydrogen (secondary N) is 3.